The fourth-order valence-corrected chi connectivity index (χ4v) is 2.05. The van der Waals surface area contributed by atoms with Crippen molar-refractivity contribution in [1.82, 2.24) is 9.97 Å². The van der Waals surface area contributed by atoms with Crippen molar-refractivity contribution in [3.63, 3.8) is 0 Å². The van der Waals surface area contributed by atoms with Crippen LogP contribution >= 0.6 is 31.9 Å². The maximum Gasteiger partial charge on any atom is 0.321 e. The van der Waals surface area contributed by atoms with Gasteiger partial charge in [0.25, 0.3) is 0 Å². The van der Waals surface area contributed by atoms with Gasteiger partial charge in [-0.2, -0.15) is 0 Å². The molecule has 0 aliphatic rings. The summed E-state index contributed by atoms with van der Waals surface area (Å²) in [6.07, 6.45) is 3.49. The van der Waals surface area contributed by atoms with E-state index in [9.17, 15) is 0 Å². The fraction of sp³-hybridized carbons (Fsp3) is 0.231. The summed E-state index contributed by atoms with van der Waals surface area (Å²) in [5, 5.41) is 0.740. The molecule has 0 spiro atoms. The molecule has 2 rings (SSSR count). The Morgan fingerprint density at radius 1 is 1.11 bits per heavy atom. The van der Waals surface area contributed by atoms with E-state index in [1.807, 2.05) is 26.0 Å². The van der Waals surface area contributed by atoms with E-state index >= 15 is 0 Å². The second-order valence-electron chi connectivity index (χ2n) is 3.98. The summed E-state index contributed by atoms with van der Waals surface area (Å²) in [7, 11) is 0. The molecule has 0 atom stereocenters. The molecule has 0 bridgehead atoms. The Balaban J connectivity index is 2.23. The van der Waals surface area contributed by atoms with Crippen LogP contribution in [-0.2, 0) is 5.33 Å². The molecule has 0 unspecified atom stereocenters. The van der Waals surface area contributed by atoms with Gasteiger partial charge in [-0.15, -0.1) is 0 Å². The van der Waals surface area contributed by atoms with Gasteiger partial charge >= 0.3 is 6.01 Å². The second kappa shape index (κ2) is 5.80. The number of halogens is 2. The molecule has 0 radical (unpaired) electrons. The van der Waals surface area contributed by atoms with Crippen molar-refractivity contribution in [2.75, 3.05) is 0 Å². The van der Waals surface area contributed by atoms with Gasteiger partial charge in [0.1, 0.15) is 5.75 Å². The molecule has 0 aliphatic heterocycles. The fourth-order valence-electron chi connectivity index (χ4n) is 1.54. The Morgan fingerprint density at radius 3 is 2.17 bits per heavy atom. The van der Waals surface area contributed by atoms with Gasteiger partial charge in [0.15, 0.2) is 0 Å². The van der Waals surface area contributed by atoms with E-state index in [1.165, 1.54) is 0 Å². The van der Waals surface area contributed by atoms with Crippen molar-refractivity contribution in [2.24, 2.45) is 0 Å². The first-order valence-electron chi connectivity index (χ1n) is 5.41. The number of hydrogen-bond donors (Lipinski definition) is 0. The molecule has 94 valence electrons. The predicted molar refractivity (Wildman–Crippen MR) is 78.4 cm³/mol. The highest BCUT2D eigenvalue weighted by atomic mass is 79.9. The summed E-state index contributed by atoms with van der Waals surface area (Å²) in [5.41, 5.74) is 3.27. The largest absolute Gasteiger partial charge is 0.424 e. The lowest BCUT2D eigenvalue weighted by Crippen LogP contribution is -1.94. The first kappa shape index (κ1) is 13.5. The average molecular weight is 372 g/mol. The van der Waals surface area contributed by atoms with Gasteiger partial charge in [-0.25, -0.2) is 9.97 Å². The summed E-state index contributed by atoms with van der Waals surface area (Å²) in [4.78, 5) is 8.30. The van der Waals surface area contributed by atoms with Crippen molar-refractivity contribution in [3.05, 3.63) is 45.7 Å². The third-order valence-corrected chi connectivity index (χ3v) is 4.35. The normalized spacial score (nSPS) is 10.4. The number of rotatable bonds is 3. The Labute approximate surface area is 123 Å². The van der Waals surface area contributed by atoms with E-state index in [1.54, 1.807) is 12.4 Å². The third-order valence-electron chi connectivity index (χ3n) is 2.46. The molecule has 3 nitrogen and oxygen atoms in total. The zero-order valence-corrected chi connectivity index (χ0v) is 13.2. The van der Waals surface area contributed by atoms with Gasteiger partial charge in [-0.05, 0) is 42.7 Å². The number of hydrogen-bond acceptors (Lipinski definition) is 3. The molecule has 5 heteroatoms. The zero-order valence-electron chi connectivity index (χ0n) is 10.1. The maximum atomic E-state index is 5.64. The van der Waals surface area contributed by atoms with Crippen molar-refractivity contribution >= 4 is 31.9 Å². The summed E-state index contributed by atoms with van der Waals surface area (Å²) >= 11 is 6.88. The van der Waals surface area contributed by atoms with E-state index in [0.29, 0.717) is 6.01 Å². The van der Waals surface area contributed by atoms with Crippen LogP contribution in [0.2, 0.25) is 0 Å². The molecular weight excluding hydrogens is 360 g/mol. The summed E-state index contributed by atoms with van der Waals surface area (Å²) in [5.74, 6) is 0.750. The minimum atomic E-state index is 0.362. The Morgan fingerprint density at radius 2 is 1.67 bits per heavy atom. The first-order chi connectivity index (χ1) is 8.60. The van der Waals surface area contributed by atoms with Crippen molar-refractivity contribution in [1.29, 1.82) is 0 Å². The number of aryl methyl sites for hydroxylation is 2. The molecule has 1 aromatic heterocycles. The highest BCUT2D eigenvalue weighted by Gasteiger charge is 2.05. The molecule has 1 aromatic carbocycles. The number of aromatic nitrogens is 2. The lowest BCUT2D eigenvalue weighted by Gasteiger charge is -2.08. The van der Waals surface area contributed by atoms with E-state index in [-0.39, 0.29) is 0 Å². The van der Waals surface area contributed by atoms with E-state index in [2.05, 4.69) is 41.8 Å². The van der Waals surface area contributed by atoms with Gasteiger partial charge in [0, 0.05) is 22.2 Å². The average Bonchev–Trinajstić information content (AvgIpc) is 2.37. The van der Waals surface area contributed by atoms with Crippen LogP contribution in [0.25, 0.3) is 0 Å². The Bertz CT molecular complexity index is 532. The van der Waals surface area contributed by atoms with Crippen molar-refractivity contribution < 1.29 is 4.74 Å². The smallest absolute Gasteiger partial charge is 0.321 e. The summed E-state index contributed by atoms with van der Waals surface area (Å²) in [6.45, 7) is 4.05. The molecule has 0 fully saturated rings. The number of nitrogens with zero attached hydrogens (tertiary/aromatic N) is 2. The van der Waals surface area contributed by atoms with Crippen molar-refractivity contribution in [3.8, 4) is 11.8 Å². The van der Waals surface area contributed by atoms with E-state index in [4.69, 9.17) is 4.74 Å². The Kier molecular flexibility index (Phi) is 4.35. The molecule has 0 saturated carbocycles. The van der Waals surface area contributed by atoms with E-state index < -0.39 is 0 Å². The van der Waals surface area contributed by atoms with Crippen LogP contribution < -0.4 is 4.74 Å². The number of alkyl halides is 1. The minimum Gasteiger partial charge on any atom is -0.424 e. The SMILES string of the molecule is Cc1cc(Oc2ncc(CBr)cn2)cc(C)c1Br. The van der Waals surface area contributed by atoms with Gasteiger partial charge in [0.05, 0.1) is 0 Å². The zero-order chi connectivity index (χ0) is 13.1. The Hall–Kier alpha value is -0.940. The number of ether oxygens (including phenoxy) is 1. The second-order valence-corrected chi connectivity index (χ2v) is 5.33. The maximum absolute atomic E-state index is 5.64. The standard InChI is InChI=1S/C13H12Br2N2O/c1-8-3-11(4-9(2)12(8)15)18-13-16-6-10(5-14)7-17-13/h3-4,6-7H,5H2,1-2H3. The molecule has 0 amide bonds. The van der Waals surface area contributed by atoms with Crippen LogP contribution in [0.15, 0.2) is 29.0 Å². The van der Waals surface area contributed by atoms with Gasteiger partial charge in [-0.3, -0.25) is 0 Å². The molecule has 0 saturated heterocycles. The molecule has 0 N–H and O–H groups in total. The van der Waals surface area contributed by atoms with Crippen molar-refractivity contribution in [2.45, 2.75) is 19.2 Å². The minimum absolute atomic E-state index is 0.362. The molecule has 18 heavy (non-hydrogen) atoms. The predicted octanol–water partition coefficient (Wildman–Crippen LogP) is 4.54. The van der Waals surface area contributed by atoms with Crippen LogP contribution in [0.4, 0.5) is 0 Å². The van der Waals surface area contributed by atoms with Gasteiger partial charge in [0.2, 0.25) is 0 Å². The number of benzene rings is 1. The van der Waals surface area contributed by atoms with E-state index in [0.717, 1.165) is 32.2 Å². The van der Waals surface area contributed by atoms with Crippen LogP contribution in [-0.4, -0.2) is 9.97 Å². The van der Waals surface area contributed by atoms with Crippen LogP contribution in [0.5, 0.6) is 11.8 Å². The van der Waals surface area contributed by atoms with Crippen LogP contribution in [0.1, 0.15) is 16.7 Å². The molecule has 1 heterocycles. The molecule has 0 aliphatic carbocycles. The highest BCUT2D eigenvalue weighted by molar-refractivity contribution is 9.10. The lowest BCUT2D eigenvalue weighted by molar-refractivity contribution is 0.440. The van der Waals surface area contributed by atoms with Gasteiger partial charge in [-0.1, -0.05) is 31.9 Å². The monoisotopic (exact) mass is 370 g/mol. The third kappa shape index (κ3) is 3.09. The first-order valence-corrected chi connectivity index (χ1v) is 7.33. The topological polar surface area (TPSA) is 35.0 Å². The highest BCUT2D eigenvalue weighted by Crippen LogP contribution is 2.28. The van der Waals surface area contributed by atoms with Gasteiger partial charge < -0.3 is 4.74 Å². The van der Waals surface area contributed by atoms with Crippen LogP contribution in [0.3, 0.4) is 0 Å². The summed E-state index contributed by atoms with van der Waals surface area (Å²) in [6, 6.07) is 4.28. The molecular formula is C13H12Br2N2O. The lowest BCUT2D eigenvalue weighted by atomic mass is 10.1. The molecule has 2 aromatic rings. The van der Waals surface area contributed by atoms with Crippen LogP contribution in [0, 0.1) is 13.8 Å². The quantitative estimate of drug-likeness (QED) is 0.742. The summed E-state index contributed by atoms with van der Waals surface area (Å²) < 4.78 is 6.74.